The van der Waals surface area contributed by atoms with Gasteiger partial charge >= 0.3 is 0 Å². The zero-order valence-corrected chi connectivity index (χ0v) is 12.9. The molecule has 0 aliphatic rings. The van der Waals surface area contributed by atoms with Crippen LogP contribution in [-0.4, -0.2) is 4.98 Å². The molecule has 0 aliphatic heterocycles. The summed E-state index contributed by atoms with van der Waals surface area (Å²) in [6, 6.07) is 12.6. The van der Waals surface area contributed by atoms with Crippen molar-refractivity contribution in [3.63, 3.8) is 0 Å². The standard InChI is InChI=1S/C18H24N2/c1-13-9-10-14(20-12-13)11-17(19)15-7-5-6-8-16(15)18(2,3)4/h5-10,12,17H,11,19H2,1-4H3. The topological polar surface area (TPSA) is 38.9 Å². The molecule has 2 rings (SSSR count). The molecule has 1 unspecified atom stereocenters. The van der Waals surface area contributed by atoms with E-state index in [2.05, 4.69) is 62.2 Å². The van der Waals surface area contributed by atoms with Crippen LogP contribution in [0.1, 0.15) is 49.2 Å². The summed E-state index contributed by atoms with van der Waals surface area (Å²) in [6.45, 7) is 8.72. The van der Waals surface area contributed by atoms with Gasteiger partial charge in [-0.15, -0.1) is 0 Å². The average Bonchev–Trinajstić information content (AvgIpc) is 2.40. The van der Waals surface area contributed by atoms with E-state index in [9.17, 15) is 0 Å². The second kappa shape index (κ2) is 5.76. The van der Waals surface area contributed by atoms with Crippen molar-refractivity contribution in [3.8, 4) is 0 Å². The van der Waals surface area contributed by atoms with Crippen LogP contribution in [0.25, 0.3) is 0 Å². The van der Waals surface area contributed by atoms with Gasteiger partial charge in [-0.3, -0.25) is 4.98 Å². The second-order valence-corrected chi connectivity index (χ2v) is 6.47. The van der Waals surface area contributed by atoms with Gasteiger partial charge in [0.05, 0.1) is 0 Å². The largest absolute Gasteiger partial charge is 0.324 e. The number of hydrogen-bond donors (Lipinski definition) is 1. The van der Waals surface area contributed by atoms with E-state index >= 15 is 0 Å². The summed E-state index contributed by atoms with van der Waals surface area (Å²) < 4.78 is 0. The Morgan fingerprint density at radius 2 is 1.80 bits per heavy atom. The summed E-state index contributed by atoms with van der Waals surface area (Å²) >= 11 is 0. The van der Waals surface area contributed by atoms with Gasteiger partial charge in [-0.25, -0.2) is 0 Å². The predicted octanol–water partition coefficient (Wildman–Crippen LogP) is 3.93. The van der Waals surface area contributed by atoms with E-state index in [1.54, 1.807) is 0 Å². The summed E-state index contributed by atoms with van der Waals surface area (Å²) in [5, 5.41) is 0. The highest BCUT2D eigenvalue weighted by molar-refractivity contribution is 5.35. The third-order valence-electron chi connectivity index (χ3n) is 3.57. The molecular formula is C18H24N2. The molecule has 2 N–H and O–H groups in total. The predicted molar refractivity (Wildman–Crippen MR) is 84.7 cm³/mol. The highest BCUT2D eigenvalue weighted by Gasteiger charge is 2.20. The van der Waals surface area contributed by atoms with Crippen molar-refractivity contribution in [2.75, 3.05) is 0 Å². The Balaban J connectivity index is 2.25. The fraction of sp³-hybridized carbons (Fsp3) is 0.389. The molecule has 1 aromatic carbocycles. The minimum Gasteiger partial charge on any atom is -0.324 e. The molecular weight excluding hydrogens is 244 g/mol. The molecule has 2 aromatic rings. The minimum atomic E-state index is -0.0133. The van der Waals surface area contributed by atoms with Crippen molar-refractivity contribution in [1.82, 2.24) is 4.98 Å². The Morgan fingerprint density at radius 3 is 2.40 bits per heavy atom. The molecule has 2 heteroatoms. The summed E-state index contributed by atoms with van der Waals surface area (Å²) in [4.78, 5) is 4.46. The number of aryl methyl sites for hydroxylation is 1. The number of hydrogen-bond acceptors (Lipinski definition) is 2. The summed E-state index contributed by atoms with van der Waals surface area (Å²) in [5.41, 5.74) is 11.3. The van der Waals surface area contributed by atoms with Crippen LogP contribution < -0.4 is 5.73 Å². The lowest BCUT2D eigenvalue weighted by molar-refractivity contribution is 0.567. The zero-order chi connectivity index (χ0) is 14.8. The maximum absolute atomic E-state index is 6.42. The van der Waals surface area contributed by atoms with Crippen LogP contribution in [0.5, 0.6) is 0 Å². The highest BCUT2D eigenvalue weighted by atomic mass is 14.7. The molecule has 0 radical (unpaired) electrons. The minimum absolute atomic E-state index is 0.0133. The van der Waals surface area contributed by atoms with Gasteiger partial charge in [0.15, 0.2) is 0 Å². The number of aromatic nitrogens is 1. The number of nitrogens with two attached hydrogens (primary N) is 1. The van der Waals surface area contributed by atoms with Crippen molar-refractivity contribution in [3.05, 3.63) is 65.0 Å². The fourth-order valence-electron chi connectivity index (χ4n) is 2.46. The molecule has 1 atom stereocenters. The smallest absolute Gasteiger partial charge is 0.0422 e. The van der Waals surface area contributed by atoms with E-state index in [1.807, 2.05) is 13.1 Å². The van der Waals surface area contributed by atoms with E-state index in [-0.39, 0.29) is 11.5 Å². The van der Waals surface area contributed by atoms with Gasteiger partial charge in [-0.05, 0) is 35.1 Å². The van der Waals surface area contributed by atoms with Gasteiger partial charge in [-0.2, -0.15) is 0 Å². The molecule has 1 heterocycles. The molecule has 0 fully saturated rings. The molecule has 0 bridgehead atoms. The second-order valence-electron chi connectivity index (χ2n) is 6.47. The molecule has 0 saturated carbocycles. The highest BCUT2D eigenvalue weighted by Crippen LogP contribution is 2.29. The van der Waals surface area contributed by atoms with Gasteiger partial charge in [0, 0.05) is 24.4 Å². The number of pyridine rings is 1. The SMILES string of the molecule is Cc1ccc(CC(N)c2ccccc2C(C)(C)C)nc1. The first-order valence-electron chi connectivity index (χ1n) is 7.14. The van der Waals surface area contributed by atoms with E-state index in [0.29, 0.717) is 0 Å². The summed E-state index contributed by atoms with van der Waals surface area (Å²) in [6.07, 6.45) is 2.67. The molecule has 20 heavy (non-hydrogen) atoms. The maximum atomic E-state index is 6.42. The summed E-state index contributed by atoms with van der Waals surface area (Å²) in [7, 11) is 0. The molecule has 0 amide bonds. The van der Waals surface area contributed by atoms with Gasteiger partial charge in [-0.1, -0.05) is 51.1 Å². The first-order chi connectivity index (χ1) is 9.38. The molecule has 0 aliphatic carbocycles. The lowest BCUT2D eigenvalue weighted by atomic mass is 9.81. The van der Waals surface area contributed by atoms with E-state index in [1.165, 1.54) is 16.7 Å². The van der Waals surface area contributed by atoms with Crippen LogP contribution in [0.3, 0.4) is 0 Å². The zero-order valence-electron chi connectivity index (χ0n) is 12.9. The Morgan fingerprint density at radius 1 is 1.10 bits per heavy atom. The number of rotatable bonds is 3. The Labute approximate surface area is 122 Å². The van der Waals surface area contributed by atoms with E-state index < -0.39 is 0 Å². The Kier molecular flexibility index (Phi) is 4.24. The van der Waals surface area contributed by atoms with Crippen LogP contribution in [0.2, 0.25) is 0 Å². The molecule has 0 spiro atoms. The normalized spacial score (nSPS) is 13.2. The molecule has 0 saturated heterocycles. The first kappa shape index (κ1) is 14.7. The van der Waals surface area contributed by atoms with Crippen molar-refractivity contribution >= 4 is 0 Å². The first-order valence-corrected chi connectivity index (χ1v) is 7.14. The number of benzene rings is 1. The Hall–Kier alpha value is -1.67. The van der Waals surface area contributed by atoms with Crippen molar-refractivity contribution in [2.24, 2.45) is 5.73 Å². The fourth-order valence-corrected chi connectivity index (χ4v) is 2.46. The van der Waals surface area contributed by atoms with E-state index in [0.717, 1.165) is 12.1 Å². The lowest BCUT2D eigenvalue weighted by Gasteiger charge is -2.25. The monoisotopic (exact) mass is 268 g/mol. The molecule has 106 valence electrons. The van der Waals surface area contributed by atoms with Crippen LogP contribution >= 0.6 is 0 Å². The van der Waals surface area contributed by atoms with Crippen LogP contribution in [0.15, 0.2) is 42.6 Å². The number of nitrogens with zero attached hydrogens (tertiary/aromatic N) is 1. The van der Waals surface area contributed by atoms with Crippen molar-refractivity contribution < 1.29 is 0 Å². The Bertz CT molecular complexity index is 565. The maximum Gasteiger partial charge on any atom is 0.0422 e. The third-order valence-corrected chi connectivity index (χ3v) is 3.57. The van der Waals surface area contributed by atoms with Crippen molar-refractivity contribution in [1.29, 1.82) is 0 Å². The van der Waals surface area contributed by atoms with E-state index in [4.69, 9.17) is 5.73 Å². The van der Waals surface area contributed by atoms with Crippen LogP contribution in [-0.2, 0) is 11.8 Å². The third kappa shape index (κ3) is 3.45. The quantitative estimate of drug-likeness (QED) is 0.916. The lowest BCUT2D eigenvalue weighted by Crippen LogP contribution is -2.21. The van der Waals surface area contributed by atoms with Crippen molar-refractivity contribution in [2.45, 2.75) is 45.6 Å². The molecule has 1 aromatic heterocycles. The van der Waals surface area contributed by atoms with Gasteiger partial charge in [0.25, 0.3) is 0 Å². The van der Waals surface area contributed by atoms with Gasteiger partial charge in [0.2, 0.25) is 0 Å². The molecule has 2 nitrogen and oxygen atoms in total. The van der Waals surface area contributed by atoms with Crippen LogP contribution in [0, 0.1) is 6.92 Å². The van der Waals surface area contributed by atoms with Crippen LogP contribution in [0.4, 0.5) is 0 Å². The van der Waals surface area contributed by atoms with Gasteiger partial charge in [0.1, 0.15) is 0 Å². The average molecular weight is 268 g/mol. The summed E-state index contributed by atoms with van der Waals surface area (Å²) in [5.74, 6) is 0. The van der Waals surface area contributed by atoms with Gasteiger partial charge < -0.3 is 5.73 Å².